The third-order valence-corrected chi connectivity index (χ3v) is 2.77. The summed E-state index contributed by atoms with van der Waals surface area (Å²) in [6.07, 6.45) is 2.26. The number of hydrogen-bond acceptors (Lipinski definition) is 5. The van der Waals surface area contributed by atoms with Crippen molar-refractivity contribution in [2.45, 2.75) is 13.3 Å². The summed E-state index contributed by atoms with van der Waals surface area (Å²) in [6.45, 7) is 2.71. The Morgan fingerprint density at radius 3 is 2.50 bits per heavy atom. The number of nitrogen functional groups attached to an aromatic ring is 1. The molecule has 1 aromatic heterocycles. The molecule has 0 atom stereocenters. The van der Waals surface area contributed by atoms with Gasteiger partial charge in [0, 0.05) is 20.6 Å². The normalized spacial score (nSPS) is 10.2. The molecule has 0 unspecified atom stereocenters. The zero-order valence-corrected chi connectivity index (χ0v) is 12.1. The predicted octanol–water partition coefficient (Wildman–Crippen LogP) is 0.0673. The van der Waals surface area contributed by atoms with Gasteiger partial charge in [-0.2, -0.15) is 0 Å². The number of nitrogens with zero attached hydrogens (tertiary/aromatic N) is 3. The third-order valence-electron chi connectivity index (χ3n) is 2.77. The van der Waals surface area contributed by atoms with Gasteiger partial charge in [0.1, 0.15) is 5.82 Å². The van der Waals surface area contributed by atoms with Gasteiger partial charge in [-0.05, 0) is 12.5 Å². The van der Waals surface area contributed by atoms with Gasteiger partial charge in [0.05, 0.1) is 24.0 Å². The van der Waals surface area contributed by atoms with Crippen LogP contribution in [-0.4, -0.2) is 48.9 Å². The van der Waals surface area contributed by atoms with E-state index in [1.54, 1.807) is 19.0 Å². The lowest BCUT2D eigenvalue weighted by Crippen LogP contribution is -2.38. The zero-order valence-electron chi connectivity index (χ0n) is 12.1. The highest BCUT2D eigenvalue weighted by atomic mass is 16.2. The Bertz CT molecular complexity index is 502. The van der Waals surface area contributed by atoms with Crippen LogP contribution in [0.25, 0.3) is 0 Å². The predicted molar refractivity (Wildman–Crippen MR) is 78.4 cm³/mol. The number of anilines is 2. The number of carbonyl (C=O) groups excluding carboxylic acids is 2. The average Bonchev–Trinajstić information content (AvgIpc) is 2.37. The Labute approximate surface area is 118 Å². The van der Waals surface area contributed by atoms with Gasteiger partial charge < -0.3 is 21.3 Å². The van der Waals surface area contributed by atoms with E-state index in [1.165, 1.54) is 17.2 Å². The molecule has 1 rings (SSSR count). The molecule has 110 valence electrons. The molecule has 0 radical (unpaired) electrons. The summed E-state index contributed by atoms with van der Waals surface area (Å²) in [4.78, 5) is 30.8. The minimum Gasteiger partial charge on any atom is -0.397 e. The van der Waals surface area contributed by atoms with Gasteiger partial charge in [-0.3, -0.25) is 9.59 Å². The van der Waals surface area contributed by atoms with Crippen molar-refractivity contribution >= 4 is 23.3 Å². The maximum atomic E-state index is 11.9. The smallest absolute Gasteiger partial charge is 0.252 e. The summed E-state index contributed by atoms with van der Waals surface area (Å²) in [6, 6.07) is 1.48. The number of hydrogen-bond donors (Lipinski definition) is 2. The topological polar surface area (TPSA) is 106 Å². The van der Waals surface area contributed by atoms with Crippen molar-refractivity contribution in [1.82, 2.24) is 9.88 Å². The number of amides is 2. The highest BCUT2D eigenvalue weighted by molar-refractivity contribution is 5.99. The van der Waals surface area contributed by atoms with Crippen LogP contribution < -0.4 is 16.4 Å². The first-order chi connectivity index (χ1) is 9.36. The minimum atomic E-state index is -0.613. The molecule has 0 saturated carbocycles. The van der Waals surface area contributed by atoms with Gasteiger partial charge >= 0.3 is 0 Å². The van der Waals surface area contributed by atoms with Gasteiger partial charge in [0.2, 0.25) is 5.91 Å². The summed E-state index contributed by atoms with van der Waals surface area (Å²) in [5, 5.41) is 0. The summed E-state index contributed by atoms with van der Waals surface area (Å²) >= 11 is 0. The molecule has 0 aliphatic carbocycles. The van der Waals surface area contributed by atoms with Crippen molar-refractivity contribution in [3.05, 3.63) is 17.8 Å². The summed E-state index contributed by atoms with van der Waals surface area (Å²) in [5.41, 5.74) is 11.6. The maximum Gasteiger partial charge on any atom is 0.252 e. The largest absolute Gasteiger partial charge is 0.397 e. The Morgan fingerprint density at radius 1 is 1.35 bits per heavy atom. The molecule has 7 heteroatoms. The average molecular weight is 279 g/mol. The highest BCUT2D eigenvalue weighted by Gasteiger charge is 2.19. The van der Waals surface area contributed by atoms with Crippen LogP contribution in [0.3, 0.4) is 0 Å². The monoisotopic (exact) mass is 279 g/mol. The van der Waals surface area contributed by atoms with Gasteiger partial charge in [-0.15, -0.1) is 0 Å². The highest BCUT2D eigenvalue weighted by Crippen LogP contribution is 2.20. The molecule has 0 spiro atoms. The second-order valence-corrected chi connectivity index (χ2v) is 4.71. The van der Waals surface area contributed by atoms with Crippen LogP contribution in [0, 0.1) is 0 Å². The van der Waals surface area contributed by atoms with E-state index in [0.717, 1.165) is 6.42 Å². The van der Waals surface area contributed by atoms with Crippen molar-refractivity contribution in [3.8, 4) is 0 Å². The van der Waals surface area contributed by atoms with E-state index in [2.05, 4.69) is 4.98 Å². The van der Waals surface area contributed by atoms with E-state index < -0.39 is 5.91 Å². The van der Waals surface area contributed by atoms with E-state index >= 15 is 0 Å². The van der Waals surface area contributed by atoms with Crippen molar-refractivity contribution in [3.63, 3.8) is 0 Å². The Hall–Kier alpha value is -2.31. The molecule has 0 aliphatic heterocycles. The first-order valence-electron chi connectivity index (χ1n) is 6.37. The quantitative estimate of drug-likeness (QED) is 0.766. The van der Waals surface area contributed by atoms with E-state index in [1.807, 2.05) is 6.92 Å². The fourth-order valence-corrected chi connectivity index (χ4v) is 1.74. The molecular formula is C13H21N5O2. The molecular weight excluding hydrogens is 258 g/mol. The minimum absolute atomic E-state index is 0.0764. The van der Waals surface area contributed by atoms with Crippen molar-refractivity contribution < 1.29 is 9.59 Å². The van der Waals surface area contributed by atoms with Crippen LogP contribution in [-0.2, 0) is 4.79 Å². The molecule has 1 heterocycles. The molecule has 4 N–H and O–H groups in total. The molecule has 0 fully saturated rings. The zero-order chi connectivity index (χ0) is 15.3. The number of primary amides is 1. The van der Waals surface area contributed by atoms with Crippen LogP contribution >= 0.6 is 0 Å². The van der Waals surface area contributed by atoms with Crippen molar-refractivity contribution in [2.24, 2.45) is 5.73 Å². The molecule has 0 saturated heterocycles. The summed E-state index contributed by atoms with van der Waals surface area (Å²) < 4.78 is 0. The first kappa shape index (κ1) is 15.7. The summed E-state index contributed by atoms with van der Waals surface area (Å²) in [7, 11) is 3.36. The standard InChI is InChI=1S/C13H21N5O2/c1-4-5-18(8-11(19)17(2)3)13-10(12(15)20)6-9(14)7-16-13/h6-7H,4-5,8,14H2,1-3H3,(H2,15,20). The lowest BCUT2D eigenvalue weighted by atomic mass is 10.2. The van der Waals surface area contributed by atoms with E-state index in [9.17, 15) is 9.59 Å². The second kappa shape index (κ2) is 6.74. The van der Waals surface area contributed by atoms with Gasteiger partial charge in [0.25, 0.3) is 5.91 Å². The lowest BCUT2D eigenvalue weighted by molar-refractivity contribution is -0.127. The first-order valence-corrected chi connectivity index (χ1v) is 6.37. The van der Waals surface area contributed by atoms with Gasteiger partial charge in [-0.1, -0.05) is 6.92 Å². The Balaban J connectivity index is 3.14. The number of likely N-dealkylation sites (N-methyl/N-ethyl adjacent to an activating group) is 1. The molecule has 20 heavy (non-hydrogen) atoms. The lowest BCUT2D eigenvalue weighted by Gasteiger charge is -2.25. The van der Waals surface area contributed by atoms with E-state index in [-0.39, 0.29) is 18.0 Å². The second-order valence-electron chi connectivity index (χ2n) is 4.71. The van der Waals surface area contributed by atoms with Crippen LogP contribution in [0.1, 0.15) is 23.7 Å². The molecule has 0 bridgehead atoms. The van der Waals surface area contributed by atoms with Crippen LogP contribution in [0.5, 0.6) is 0 Å². The van der Waals surface area contributed by atoms with Crippen molar-refractivity contribution in [2.75, 3.05) is 37.8 Å². The molecule has 0 aromatic carbocycles. The van der Waals surface area contributed by atoms with Crippen LogP contribution in [0.15, 0.2) is 12.3 Å². The number of aromatic nitrogens is 1. The molecule has 0 aliphatic rings. The SMILES string of the molecule is CCCN(CC(=O)N(C)C)c1ncc(N)cc1C(N)=O. The molecule has 7 nitrogen and oxygen atoms in total. The van der Waals surface area contributed by atoms with E-state index in [0.29, 0.717) is 18.1 Å². The fraction of sp³-hybridized carbons (Fsp3) is 0.462. The number of carbonyl (C=O) groups is 2. The molecule has 1 aromatic rings. The third kappa shape index (κ3) is 3.84. The number of rotatable bonds is 6. The Kier molecular flexibility index (Phi) is 5.31. The Morgan fingerprint density at radius 2 is 2.00 bits per heavy atom. The number of pyridine rings is 1. The van der Waals surface area contributed by atoms with Crippen molar-refractivity contribution in [1.29, 1.82) is 0 Å². The van der Waals surface area contributed by atoms with Crippen LogP contribution in [0.4, 0.5) is 11.5 Å². The van der Waals surface area contributed by atoms with Gasteiger partial charge in [-0.25, -0.2) is 4.98 Å². The molecule has 2 amide bonds. The van der Waals surface area contributed by atoms with E-state index in [4.69, 9.17) is 11.5 Å². The fourth-order valence-electron chi connectivity index (χ4n) is 1.74. The van der Waals surface area contributed by atoms with Crippen LogP contribution in [0.2, 0.25) is 0 Å². The van der Waals surface area contributed by atoms with Gasteiger partial charge in [0.15, 0.2) is 0 Å². The number of nitrogens with two attached hydrogens (primary N) is 2. The maximum absolute atomic E-state index is 11.9. The summed E-state index contributed by atoms with van der Waals surface area (Å²) in [5.74, 6) is -0.297.